The summed E-state index contributed by atoms with van der Waals surface area (Å²) in [7, 11) is 0. The molecule has 2 aliphatic heterocycles. The number of rotatable bonds is 6. The Hall–Kier alpha value is -1.43. The van der Waals surface area contributed by atoms with Crippen LogP contribution >= 0.6 is 0 Å². The molecule has 2 saturated heterocycles. The zero-order valence-electron chi connectivity index (χ0n) is 16.1. The molecule has 0 saturated carbocycles. The van der Waals surface area contributed by atoms with Crippen molar-refractivity contribution in [1.29, 1.82) is 0 Å². The van der Waals surface area contributed by atoms with Crippen molar-refractivity contribution in [3.63, 3.8) is 0 Å². The molecule has 2 heterocycles. The molecule has 5 nitrogen and oxygen atoms in total. The number of nitrogens with two attached hydrogens (primary N) is 1. The molecule has 0 bridgehead atoms. The van der Waals surface area contributed by atoms with E-state index in [2.05, 4.69) is 23.6 Å². The lowest BCUT2D eigenvalue weighted by Gasteiger charge is -2.38. The van der Waals surface area contributed by atoms with Crippen LogP contribution in [-0.4, -0.2) is 60.1 Å². The van der Waals surface area contributed by atoms with Gasteiger partial charge in [-0.25, -0.2) is 0 Å². The molecule has 2 fully saturated rings. The summed E-state index contributed by atoms with van der Waals surface area (Å²) in [5, 5.41) is 0. The predicted molar refractivity (Wildman–Crippen MR) is 104 cm³/mol. The first kappa shape index (κ1) is 19.3. The average Bonchev–Trinajstić information content (AvgIpc) is 3.07. The van der Waals surface area contributed by atoms with Gasteiger partial charge in [0.15, 0.2) is 0 Å². The zero-order valence-corrected chi connectivity index (χ0v) is 16.1. The summed E-state index contributed by atoms with van der Waals surface area (Å²) in [6, 6.07) is 10.3. The van der Waals surface area contributed by atoms with Crippen LogP contribution < -0.4 is 5.73 Å². The Labute approximate surface area is 157 Å². The summed E-state index contributed by atoms with van der Waals surface area (Å²) in [5.74, 6) is 0.258. The molecule has 5 heteroatoms. The van der Waals surface area contributed by atoms with E-state index in [9.17, 15) is 4.79 Å². The summed E-state index contributed by atoms with van der Waals surface area (Å²) < 4.78 is 5.83. The highest BCUT2D eigenvalue weighted by atomic mass is 16.5. The van der Waals surface area contributed by atoms with Gasteiger partial charge in [-0.05, 0) is 38.7 Å². The van der Waals surface area contributed by atoms with E-state index < -0.39 is 0 Å². The fourth-order valence-corrected chi connectivity index (χ4v) is 4.37. The number of benzene rings is 1. The first-order valence-corrected chi connectivity index (χ1v) is 10.0. The first-order valence-electron chi connectivity index (χ1n) is 10.0. The molecular formula is C21H33N3O2. The van der Waals surface area contributed by atoms with Crippen molar-refractivity contribution in [3.05, 3.63) is 35.9 Å². The van der Waals surface area contributed by atoms with Gasteiger partial charge in [0.25, 0.3) is 0 Å². The lowest BCUT2D eigenvalue weighted by Crippen LogP contribution is -2.50. The standard InChI is InChI=1S/C21H33N3O2/c1-16-13-23(14-17(2)26-16)15-19-9-6-12-24(19)21(25)11-10-20(22)18-7-4-3-5-8-18/h3-5,7-8,16-17,19-20H,6,9-15,22H2,1-2H3/t16-,17-,19+,20+/m1/s1. The van der Waals surface area contributed by atoms with Gasteiger partial charge in [0.1, 0.15) is 0 Å². The third-order valence-electron chi connectivity index (χ3n) is 5.56. The number of hydrogen-bond donors (Lipinski definition) is 1. The van der Waals surface area contributed by atoms with Gasteiger partial charge in [0, 0.05) is 44.7 Å². The Morgan fingerprint density at radius 3 is 2.62 bits per heavy atom. The second-order valence-corrected chi connectivity index (χ2v) is 7.91. The van der Waals surface area contributed by atoms with E-state index in [0.717, 1.165) is 44.6 Å². The van der Waals surface area contributed by atoms with E-state index in [1.165, 1.54) is 0 Å². The minimum Gasteiger partial charge on any atom is -0.373 e. The molecule has 1 aromatic carbocycles. The monoisotopic (exact) mass is 359 g/mol. The van der Waals surface area contributed by atoms with Crippen LogP contribution in [0.5, 0.6) is 0 Å². The molecule has 2 aliphatic rings. The topological polar surface area (TPSA) is 58.8 Å². The third kappa shape index (κ3) is 5.06. The maximum atomic E-state index is 12.8. The number of likely N-dealkylation sites (tertiary alicyclic amines) is 1. The zero-order chi connectivity index (χ0) is 18.5. The average molecular weight is 360 g/mol. The van der Waals surface area contributed by atoms with Crippen molar-refractivity contribution in [1.82, 2.24) is 9.80 Å². The largest absolute Gasteiger partial charge is 0.373 e. The van der Waals surface area contributed by atoms with E-state index in [-0.39, 0.29) is 24.2 Å². The fraction of sp³-hybridized carbons (Fsp3) is 0.667. The van der Waals surface area contributed by atoms with Crippen LogP contribution in [-0.2, 0) is 9.53 Å². The Balaban J connectivity index is 1.50. The van der Waals surface area contributed by atoms with Gasteiger partial charge in [-0.3, -0.25) is 9.69 Å². The first-order chi connectivity index (χ1) is 12.5. The van der Waals surface area contributed by atoms with E-state index >= 15 is 0 Å². The number of nitrogens with zero attached hydrogens (tertiary/aromatic N) is 2. The van der Waals surface area contributed by atoms with E-state index in [4.69, 9.17) is 10.5 Å². The molecule has 2 N–H and O–H groups in total. The maximum absolute atomic E-state index is 12.8. The van der Waals surface area contributed by atoms with Crippen molar-refractivity contribution >= 4 is 5.91 Å². The highest BCUT2D eigenvalue weighted by Gasteiger charge is 2.32. The number of morpholine rings is 1. The Morgan fingerprint density at radius 2 is 1.92 bits per heavy atom. The molecule has 3 rings (SSSR count). The number of amides is 1. The minimum absolute atomic E-state index is 0.0675. The van der Waals surface area contributed by atoms with E-state index in [1.54, 1.807) is 0 Å². The molecule has 0 aromatic heterocycles. The van der Waals surface area contributed by atoms with Crippen LogP contribution in [0.3, 0.4) is 0 Å². The van der Waals surface area contributed by atoms with Crippen LogP contribution in [0.1, 0.15) is 51.1 Å². The fourth-order valence-electron chi connectivity index (χ4n) is 4.37. The molecule has 0 aliphatic carbocycles. The molecule has 0 radical (unpaired) electrons. The molecule has 1 aromatic rings. The lowest BCUT2D eigenvalue weighted by atomic mass is 10.0. The quantitative estimate of drug-likeness (QED) is 0.848. The Bertz CT molecular complexity index is 570. The molecule has 0 unspecified atom stereocenters. The normalized spacial score (nSPS) is 28.3. The summed E-state index contributed by atoms with van der Waals surface area (Å²) in [6.07, 6.45) is 3.99. The van der Waals surface area contributed by atoms with Crippen LogP contribution in [0, 0.1) is 0 Å². The van der Waals surface area contributed by atoms with Gasteiger partial charge in [-0.15, -0.1) is 0 Å². The number of carbonyl (C=O) groups excluding carboxylic acids is 1. The van der Waals surface area contributed by atoms with Gasteiger partial charge in [0.2, 0.25) is 5.91 Å². The SMILES string of the molecule is C[C@@H]1CN(C[C@@H]2CCCN2C(=O)CC[C@H](N)c2ccccc2)C[C@@H](C)O1. The summed E-state index contributed by atoms with van der Waals surface area (Å²) in [5.41, 5.74) is 7.37. The summed E-state index contributed by atoms with van der Waals surface area (Å²) in [6.45, 7) is 8.04. The Morgan fingerprint density at radius 1 is 1.23 bits per heavy atom. The van der Waals surface area contributed by atoms with Gasteiger partial charge >= 0.3 is 0 Å². The van der Waals surface area contributed by atoms with Crippen molar-refractivity contribution in [2.45, 2.75) is 63.8 Å². The van der Waals surface area contributed by atoms with Crippen molar-refractivity contribution in [2.75, 3.05) is 26.2 Å². The summed E-state index contributed by atoms with van der Waals surface area (Å²) >= 11 is 0. The molecule has 1 amide bonds. The van der Waals surface area contributed by atoms with Gasteiger partial charge in [0.05, 0.1) is 12.2 Å². The highest BCUT2D eigenvalue weighted by Crippen LogP contribution is 2.23. The second-order valence-electron chi connectivity index (χ2n) is 7.91. The third-order valence-corrected chi connectivity index (χ3v) is 5.56. The van der Waals surface area contributed by atoms with E-state index in [0.29, 0.717) is 18.9 Å². The van der Waals surface area contributed by atoms with Gasteiger partial charge < -0.3 is 15.4 Å². The second kappa shape index (κ2) is 8.98. The van der Waals surface area contributed by atoms with Gasteiger partial charge in [-0.2, -0.15) is 0 Å². The molecule has 0 spiro atoms. The smallest absolute Gasteiger partial charge is 0.222 e. The van der Waals surface area contributed by atoms with E-state index in [1.807, 2.05) is 30.3 Å². The van der Waals surface area contributed by atoms with Crippen LogP contribution in [0.2, 0.25) is 0 Å². The maximum Gasteiger partial charge on any atom is 0.222 e. The van der Waals surface area contributed by atoms with Gasteiger partial charge in [-0.1, -0.05) is 30.3 Å². The highest BCUT2D eigenvalue weighted by molar-refractivity contribution is 5.76. The molecular weight excluding hydrogens is 326 g/mol. The van der Waals surface area contributed by atoms with Crippen molar-refractivity contribution < 1.29 is 9.53 Å². The number of hydrogen-bond acceptors (Lipinski definition) is 4. The number of ether oxygens (including phenoxy) is 1. The van der Waals surface area contributed by atoms with Crippen LogP contribution in [0.4, 0.5) is 0 Å². The lowest BCUT2D eigenvalue weighted by molar-refractivity contribution is -0.133. The van der Waals surface area contributed by atoms with Crippen molar-refractivity contribution in [2.24, 2.45) is 5.73 Å². The predicted octanol–water partition coefficient (Wildman–Crippen LogP) is 2.57. The summed E-state index contributed by atoms with van der Waals surface area (Å²) in [4.78, 5) is 17.4. The Kier molecular flexibility index (Phi) is 6.68. The number of carbonyl (C=O) groups is 1. The molecule has 26 heavy (non-hydrogen) atoms. The van der Waals surface area contributed by atoms with Crippen LogP contribution in [0.15, 0.2) is 30.3 Å². The molecule has 4 atom stereocenters. The minimum atomic E-state index is -0.0675. The van der Waals surface area contributed by atoms with Crippen LogP contribution in [0.25, 0.3) is 0 Å². The van der Waals surface area contributed by atoms with Crippen molar-refractivity contribution in [3.8, 4) is 0 Å². The molecule has 144 valence electrons.